The van der Waals surface area contributed by atoms with Gasteiger partial charge in [-0.1, -0.05) is 41.9 Å². The van der Waals surface area contributed by atoms with E-state index >= 15 is 0 Å². The number of rotatable bonds is 4. The average Bonchev–Trinajstić information content (AvgIpc) is 2.41. The molecule has 0 heterocycles. The molecule has 98 valence electrons. The molecule has 0 amide bonds. The summed E-state index contributed by atoms with van der Waals surface area (Å²) in [7, 11) is 0. The average molecular weight is 281 g/mol. The van der Waals surface area contributed by atoms with Gasteiger partial charge in [-0.05, 0) is 24.1 Å². The zero-order valence-electron chi connectivity index (χ0n) is 10.00. The summed E-state index contributed by atoms with van der Waals surface area (Å²) in [6, 6.07) is 11.0. The largest absolute Gasteiger partial charge is 0.294 e. The number of halogens is 3. The monoisotopic (exact) mass is 280 g/mol. The summed E-state index contributed by atoms with van der Waals surface area (Å²) in [5, 5.41) is -0.322. The van der Waals surface area contributed by atoms with Crippen molar-refractivity contribution in [3.63, 3.8) is 0 Å². The molecular formula is C15H11ClF2O. The van der Waals surface area contributed by atoms with E-state index in [1.165, 1.54) is 0 Å². The van der Waals surface area contributed by atoms with Gasteiger partial charge in [0.1, 0.15) is 11.6 Å². The van der Waals surface area contributed by atoms with Gasteiger partial charge in [0.25, 0.3) is 0 Å². The van der Waals surface area contributed by atoms with Crippen LogP contribution in [0.4, 0.5) is 8.78 Å². The van der Waals surface area contributed by atoms with Crippen LogP contribution in [0.15, 0.2) is 42.5 Å². The Bertz CT molecular complexity index is 597. The zero-order chi connectivity index (χ0) is 13.8. The molecule has 19 heavy (non-hydrogen) atoms. The molecule has 0 fully saturated rings. The van der Waals surface area contributed by atoms with E-state index in [9.17, 15) is 13.6 Å². The molecule has 4 heteroatoms. The minimum Gasteiger partial charge on any atom is -0.294 e. The SMILES string of the molecule is O=C(CCc1ccccc1)c1cc(F)c(Cl)cc1F. The number of aryl methyl sites for hydroxylation is 1. The fraction of sp³-hybridized carbons (Fsp3) is 0.133. The molecular weight excluding hydrogens is 270 g/mol. The molecule has 0 radical (unpaired) electrons. The second-order valence-electron chi connectivity index (χ2n) is 4.15. The van der Waals surface area contributed by atoms with Crippen LogP contribution in [0.3, 0.4) is 0 Å². The minimum atomic E-state index is -0.788. The van der Waals surface area contributed by atoms with E-state index in [4.69, 9.17) is 11.6 Å². The molecule has 0 aliphatic heterocycles. The van der Waals surface area contributed by atoms with Gasteiger partial charge in [0.15, 0.2) is 5.78 Å². The summed E-state index contributed by atoms with van der Waals surface area (Å²) in [5.74, 6) is -2.01. The van der Waals surface area contributed by atoms with Gasteiger partial charge in [0, 0.05) is 6.42 Å². The van der Waals surface area contributed by atoms with Crippen LogP contribution < -0.4 is 0 Å². The number of carbonyl (C=O) groups excluding carboxylic acids is 1. The smallest absolute Gasteiger partial charge is 0.166 e. The molecule has 2 rings (SSSR count). The fourth-order valence-corrected chi connectivity index (χ4v) is 1.92. The van der Waals surface area contributed by atoms with Crippen molar-refractivity contribution in [2.75, 3.05) is 0 Å². The lowest BCUT2D eigenvalue weighted by molar-refractivity contribution is 0.0978. The van der Waals surface area contributed by atoms with E-state index < -0.39 is 17.4 Å². The predicted molar refractivity (Wildman–Crippen MR) is 70.5 cm³/mol. The lowest BCUT2D eigenvalue weighted by Gasteiger charge is -2.04. The summed E-state index contributed by atoms with van der Waals surface area (Å²) in [4.78, 5) is 11.9. The third-order valence-electron chi connectivity index (χ3n) is 2.79. The first-order valence-electron chi connectivity index (χ1n) is 5.79. The Kier molecular flexibility index (Phi) is 4.27. The van der Waals surface area contributed by atoms with E-state index in [1.54, 1.807) is 0 Å². The van der Waals surface area contributed by atoms with Crippen molar-refractivity contribution in [3.05, 3.63) is 70.2 Å². The number of Topliss-reactive ketones (excluding diaryl/α,β-unsaturated/α-hetero) is 1. The fourth-order valence-electron chi connectivity index (χ4n) is 1.77. The summed E-state index contributed by atoms with van der Waals surface area (Å²) >= 11 is 5.44. The van der Waals surface area contributed by atoms with Crippen LogP contribution in [0.5, 0.6) is 0 Å². The van der Waals surface area contributed by atoms with Crippen LogP contribution in [0.25, 0.3) is 0 Å². The molecule has 0 bridgehead atoms. The number of hydrogen-bond acceptors (Lipinski definition) is 1. The van der Waals surface area contributed by atoms with E-state index in [1.807, 2.05) is 30.3 Å². The van der Waals surface area contributed by atoms with Crippen molar-refractivity contribution in [2.24, 2.45) is 0 Å². The molecule has 0 saturated heterocycles. The number of ketones is 1. The Morgan fingerprint density at radius 3 is 2.42 bits per heavy atom. The second kappa shape index (κ2) is 5.93. The highest BCUT2D eigenvalue weighted by atomic mass is 35.5. The first-order chi connectivity index (χ1) is 9.08. The molecule has 2 aromatic carbocycles. The maximum Gasteiger partial charge on any atom is 0.166 e. The van der Waals surface area contributed by atoms with Crippen LogP contribution in [-0.2, 0) is 6.42 Å². The number of hydrogen-bond donors (Lipinski definition) is 0. The Labute approximate surface area is 114 Å². The van der Waals surface area contributed by atoms with Gasteiger partial charge in [-0.25, -0.2) is 8.78 Å². The highest BCUT2D eigenvalue weighted by molar-refractivity contribution is 6.30. The van der Waals surface area contributed by atoms with Gasteiger partial charge in [-0.15, -0.1) is 0 Å². The minimum absolute atomic E-state index is 0.127. The van der Waals surface area contributed by atoms with Crippen LogP contribution in [0, 0.1) is 11.6 Å². The van der Waals surface area contributed by atoms with E-state index in [0.717, 1.165) is 17.7 Å². The molecule has 0 atom stereocenters. The van der Waals surface area contributed by atoms with Crippen LogP contribution in [-0.4, -0.2) is 5.78 Å². The Hall–Kier alpha value is -1.74. The highest BCUT2D eigenvalue weighted by Crippen LogP contribution is 2.20. The molecule has 0 N–H and O–H groups in total. The van der Waals surface area contributed by atoms with Crippen molar-refractivity contribution >= 4 is 17.4 Å². The molecule has 0 aliphatic rings. The normalized spacial score (nSPS) is 10.5. The summed E-state index contributed by atoms with van der Waals surface area (Å²) in [5.41, 5.74) is 0.725. The third kappa shape index (κ3) is 3.38. The lowest BCUT2D eigenvalue weighted by Crippen LogP contribution is -2.05. The maximum atomic E-state index is 13.5. The Morgan fingerprint density at radius 2 is 1.74 bits per heavy atom. The molecule has 0 aromatic heterocycles. The lowest BCUT2D eigenvalue weighted by atomic mass is 10.0. The van der Waals surface area contributed by atoms with E-state index in [0.29, 0.717) is 6.42 Å². The van der Waals surface area contributed by atoms with Gasteiger partial charge in [-0.2, -0.15) is 0 Å². The van der Waals surface area contributed by atoms with E-state index in [-0.39, 0.29) is 17.0 Å². The van der Waals surface area contributed by atoms with Crippen LogP contribution in [0.2, 0.25) is 5.02 Å². The third-order valence-corrected chi connectivity index (χ3v) is 3.08. The molecule has 2 aromatic rings. The van der Waals surface area contributed by atoms with Gasteiger partial charge >= 0.3 is 0 Å². The Morgan fingerprint density at radius 1 is 1.05 bits per heavy atom. The van der Waals surface area contributed by atoms with Gasteiger partial charge < -0.3 is 0 Å². The first-order valence-corrected chi connectivity index (χ1v) is 6.17. The summed E-state index contributed by atoms with van der Waals surface area (Å²) in [6.45, 7) is 0. The molecule has 0 spiro atoms. The summed E-state index contributed by atoms with van der Waals surface area (Å²) in [6.07, 6.45) is 0.616. The maximum absolute atomic E-state index is 13.5. The van der Waals surface area contributed by atoms with Gasteiger partial charge in [0.05, 0.1) is 10.6 Å². The Balaban J connectivity index is 2.10. The van der Waals surface area contributed by atoms with E-state index in [2.05, 4.69) is 0 Å². The van der Waals surface area contributed by atoms with Crippen molar-refractivity contribution in [3.8, 4) is 0 Å². The van der Waals surface area contributed by atoms with Crippen molar-refractivity contribution in [2.45, 2.75) is 12.8 Å². The first kappa shape index (κ1) is 13.7. The van der Waals surface area contributed by atoms with Gasteiger partial charge in [-0.3, -0.25) is 4.79 Å². The summed E-state index contributed by atoms with van der Waals surface area (Å²) < 4.78 is 26.8. The molecule has 1 nitrogen and oxygen atoms in total. The molecule has 0 saturated carbocycles. The second-order valence-corrected chi connectivity index (χ2v) is 4.56. The topological polar surface area (TPSA) is 17.1 Å². The van der Waals surface area contributed by atoms with Crippen LogP contribution in [0.1, 0.15) is 22.3 Å². The molecule has 0 aliphatic carbocycles. The van der Waals surface area contributed by atoms with Crippen LogP contribution >= 0.6 is 11.6 Å². The van der Waals surface area contributed by atoms with Crippen molar-refractivity contribution in [1.82, 2.24) is 0 Å². The van der Waals surface area contributed by atoms with Gasteiger partial charge in [0.2, 0.25) is 0 Å². The van der Waals surface area contributed by atoms with Crippen molar-refractivity contribution in [1.29, 1.82) is 0 Å². The molecule has 0 unspecified atom stereocenters. The highest BCUT2D eigenvalue weighted by Gasteiger charge is 2.15. The standard InChI is InChI=1S/C15H11ClF2O/c16-12-9-13(17)11(8-14(12)18)15(19)7-6-10-4-2-1-3-5-10/h1-5,8-9H,6-7H2. The predicted octanol–water partition coefficient (Wildman–Crippen LogP) is 4.43. The van der Waals surface area contributed by atoms with Crippen molar-refractivity contribution < 1.29 is 13.6 Å². The quantitative estimate of drug-likeness (QED) is 0.598. The number of carbonyl (C=O) groups is 1. The number of benzene rings is 2. The zero-order valence-corrected chi connectivity index (χ0v) is 10.8.